The average Bonchev–Trinajstić information content (AvgIpc) is 3.12. The Morgan fingerprint density at radius 2 is 0.786 bits per heavy atom. The number of amides is 7. The third-order valence-corrected chi connectivity index (χ3v) is 9.39. The first kappa shape index (κ1) is 49.5. The third-order valence-electron chi connectivity index (χ3n) is 9.03. The number of aliphatic carboxylic acids is 2. The van der Waals surface area contributed by atoms with Crippen LogP contribution >= 0.6 is 12.6 Å². The van der Waals surface area contributed by atoms with Crippen molar-refractivity contribution in [3.05, 3.63) is 0 Å². The second-order valence-corrected chi connectivity index (χ2v) is 14.7. The number of carbonyl (C=O) groups is 9. The Kier molecular flexibility index (Phi) is 22.7. The van der Waals surface area contributed by atoms with Gasteiger partial charge in [0.1, 0.15) is 42.3 Å². The van der Waals surface area contributed by atoms with Crippen LogP contribution in [0, 0.1) is 11.8 Å². The van der Waals surface area contributed by atoms with Gasteiger partial charge in [-0.05, 0) is 76.3 Å². The van der Waals surface area contributed by atoms with E-state index in [4.69, 9.17) is 11.5 Å². The summed E-state index contributed by atoms with van der Waals surface area (Å²) in [5, 5.41) is 36.6. The van der Waals surface area contributed by atoms with Gasteiger partial charge in [-0.2, -0.15) is 12.6 Å². The average molecular weight is 816 g/mol. The molecule has 1 fully saturated rings. The highest BCUT2D eigenvalue weighted by Gasteiger charge is 2.36. The number of nitrogens with one attached hydrogen (secondary N) is 7. The van der Waals surface area contributed by atoms with E-state index in [0.717, 1.165) is 0 Å². The van der Waals surface area contributed by atoms with Crippen molar-refractivity contribution in [3.63, 3.8) is 0 Å². The highest BCUT2D eigenvalue weighted by atomic mass is 32.1. The molecule has 56 heavy (non-hydrogen) atoms. The van der Waals surface area contributed by atoms with Gasteiger partial charge in [0.15, 0.2) is 0 Å². The molecule has 0 aromatic heterocycles. The molecule has 0 aliphatic carbocycles. The molecule has 1 saturated heterocycles. The number of unbranched alkanes of at least 4 members (excludes halogenated alkanes) is 2. The van der Waals surface area contributed by atoms with E-state index in [1.165, 1.54) is 0 Å². The van der Waals surface area contributed by atoms with Crippen LogP contribution in [0.3, 0.4) is 0 Å². The van der Waals surface area contributed by atoms with Crippen molar-refractivity contribution in [2.45, 2.75) is 134 Å². The van der Waals surface area contributed by atoms with Crippen LogP contribution in [0.25, 0.3) is 0 Å². The van der Waals surface area contributed by atoms with Crippen molar-refractivity contribution in [2.24, 2.45) is 23.3 Å². The molecule has 7 atom stereocenters. The Morgan fingerprint density at radius 1 is 0.500 bits per heavy atom. The molecule has 0 aromatic carbocycles. The molecule has 0 saturated carbocycles. The van der Waals surface area contributed by atoms with E-state index in [1.54, 1.807) is 27.7 Å². The van der Waals surface area contributed by atoms with Gasteiger partial charge in [-0.3, -0.25) is 43.2 Å². The number of thiol groups is 1. The molecular formula is C35H61N9O11S. The van der Waals surface area contributed by atoms with Gasteiger partial charge in [-0.1, -0.05) is 27.7 Å². The molecule has 0 radical (unpaired) electrons. The summed E-state index contributed by atoms with van der Waals surface area (Å²) in [5.74, 6) is -10.0. The van der Waals surface area contributed by atoms with Crippen molar-refractivity contribution >= 4 is 65.9 Å². The largest absolute Gasteiger partial charge is 0.481 e. The van der Waals surface area contributed by atoms with Gasteiger partial charge in [0.2, 0.25) is 41.4 Å². The molecule has 1 heterocycles. The molecule has 0 bridgehead atoms. The number of hydrogen-bond donors (Lipinski definition) is 12. The lowest BCUT2D eigenvalue weighted by molar-refractivity contribution is -0.139. The van der Waals surface area contributed by atoms with Crippen LogP contribution < -0.4 is 48.7 Å². The van der Waals surface area contributed by atoms with Gasteiger partial charge < -0.3 is 58.9 Å². The third kappa shape index (κ3) is 17.5. The Bertz CT molecular complexity index is 1380. The number of carboxylic acid groups (broad SMARTS) is 2. The summed E-state index contributed by atoms with van der Waals surface area (Å²) < 4.78 is 0. The summed E-state index contributed by atoms with van der Waals surface area (Å²) in [6, 6.07) is -9.49. The number of nitrogens with two attached hydrogens (primary N) is 2. The van der Waals surface area contributed by atoms with Gasteiger partial charge in [-0.15, -0.1) is 0 Å². The molecule has 1 aliphatic rings. The Labute approximate surface area is 332 Å². The zero-order chi connectivity index (χ0) is 42.5. The maximum atomic E-state index is 13.8. The van der Waals surface area contributed by atoms with Crippen molar-refractivity contribution in [3.8, 4) is 0 Å². The van der Waals surface area contributed by atoms with Gasteiger partial charge in [0.05, 0.1) is 0 Å². The van der Waals surface area contributed by atoms with Gasteiger partial charge >= 0.3 is 11.9 Å². The number of rotatable bonds is 17. The van der Waals surface area contributed by atoms with E-state index in [-0.39, 0.29) is 38.1 Å². The van der Waals surface area contributed by atoms with Crippen molar-refractivity contribution in [2.75, 3.05) is 18.8 Å². The molecule has 7 amide bonds. The minimum Gasteiger partial charge on any atom is -0.481 e. The first-order chi connectivity index (χ1) is 26.4. The minimum absolute atomic E-state index is 0.0488. The zero-order valence-electron chi connectivity index (χ0n) is 32.6. The fourth-order valence-corrected chi connectivity index (χ4v) is 5.97. The van der Waals surface area contributed by atoms with E-state index in [9.17, 15) is 53.4 Å². The first-order valence-electron chi connectivity index (χ1n) is 18.9. The quantitative estimate of drug-likeness (QED) is 0.0540. The second-order valence-electron chi connectivity index (χ2n) is 14.4. The van der Waals surface area contributed by atoms with Crippen molar-refractivity contribution in [1.29, 1.82) is 0 Å². The summed E-state index contributed by atoms with van der Waals surface area (Å²) in [6.45, 7) is 6.96. The molecule has 21 heteroatoms. The molecule has 13 N–H and O–H groups in total. The van der Waals surface area contributed by atoms with Crippen LogP contribution in [0.1, 0.15) is 91.9 Å². The highest BCUT2D eigenvalue weighted by molar-refractivity contribution is 7.80. The summed E-state index contributed by atoms with van der Waals surface area (Å²) in [7, 11) is 0. The van der Waals surface area contributed by atoms with Gasteiger partial charge in [0.25, 0.3) is 0 Å². The molecule has 318 valence electrons. The monoisotopic (exact) mass is 815 g/mol. The van der Waals surface area contributed by atoms with Crippen LogP contribution in [0.5, 0.6) is 0 Å². The fourth-order valence-electron chi connectivity index (χ4n) is 5.71. The molecular weight excluding hydrogens is 755 g/mol. The van der Waals surface area contributed by atoms with Crippen LogP contribution in [0.4, 0.5) is 0 Å². The lowest BCUT2D eigenvalue weighted by Crippen LogP contribution is -2.61. The fraction of sp³-hybridized carbons (Fsp3) is 0.743. The maximum Gasteiger partial charge on any atom is 0.303 e. The van der Waals surface area contributed by atoms with E-state index < -0.39 is 127 Å². The van der Waals surface area contributed by atoms with Crippen LogP contribution in [0.2, 0.25) is 0 Å². The molecule has 0 unspecified atom stereocenters. The predicted octanol–water partition coefficient (Wildman–Crippen LogP) is -2.38. The summed E-state index contributed by atoms with van der Waals surface area (Å²) in [5.41, 5.74) is 11.3. The summed E-state index contributed by atoms with van der Waals surface area (Å²) >= 11 is 4.20. The zero-order valence-corrected chi connectivity index (χ0v) is 33.5. The van der Waals surface area contributed by atoms with Crippen LogP contribution in [0.15, 0.2) is 0 Å². The topological polar surface area (TPSA) is 330 Å². The smallest absolute Gasteiger partial charge is 0.303 e. The Balaban J connectivity index is 3.85. The number of hydrogen-bond acceptors (Lipinski definition) is 12. The van der Waals surface area contributed by atoms with E-state index in [0.29, 0.717) is 25.7 Å². The molecule has 0 spiro atoms. The van der Waals surface area contributed by atoms with Crippen molar-refractivity contribution < 1.29 is 53.4 Å². The normalized spacial score (nSPS) is 25.2. The molecule has 0 aromatic rings. The predicted molar refractivity (Wildman–Crippen MR) is 207 cm³/mol. The maximum absolute atomic E-state index is 13.8. The SMILES string of the molecule is CC(C)[C@@H]1NC(=O)[C@H](CCC(=O)O)NC(=O)[C@H](CCCCN)NC(=O)[C@H](CCCCN)NC(=O)[C@H](CS)NC(=O)[C@H](CCC(=O)O)NC(=O)[C@H](C(C)C)NC1=O. The van der Waals surface area contributed by atoms with Crippen LogP contribution in [-0.4, -0.2) is 125 Å². The molecule has 1 aliphatic heterocycles. The minimum atomic E-state index is -1.49. The first-order valence-corrected chi connectivity index (χ1v) is 19.6. The summed E-state index contributed by atoms with van der Waals surface area (Å²) in [6.07, 6.45) is -0.0929. The Morgan fingerprint density at radius 3 is 1.12 bits per heavy atom. The second kappa shape index (κ2) is 25.6. The van der Waals surface area contributed by atoms with Crippen molar-refractivity contribution in [1.82, 2.24) is 37.2 Å². The molecule has 1 rings (SSSR count). The number of carbonyl (C=O) groups excluding carboxylic acids is 7. The standard InChI is InChI=1S/C35H61N9O11S/c1-18(2)27-34(54)41-22(11-13-25(45)46)31(51)42-24(17-56)33(53)39-21(10-6-8-16-37)29(49)38-20(9-5-7-15-36)30(50)40-23(12-14-26(47)48)32(52)43-28(19(3)4)35(55)44-27/h18-24,27-28,56H,5-17,36-37H2,1-4H3,(H,38,49)(H,39,53)(H,40,50)(H,41,54)(H,42,51)(H,43,52)(H,44,55)(H,45,46)(H,47,48)/t20-,21-,22-,23-,24-,27-,28-/m0/s1. The van der Waals surface area contributed by atoms with E-state index in [2.05, 4.69) is 49.8 Å². The van der Waals surface area contributed by atoms with Crippen LogP contribution in [-0.2, 0) is 43.2 Å². The van der Waals surface area contributed by atoms with Gasteiger partial charge in [-0.25, -0.2) is 0 Å². The van der Waals surface area contributed by atoms with Gasteiger partial charge in [0, 0.05) is 18.6 Å². The van der Waals surface area contributed by atoms with E-state index >= 15 is 0 Å². The summed E-state index contributed by atoms with van der Waals surface area (Å²) in [4.78, 5) is 119. The highest BCUT2D eigenvalue weighted by Crippen LogP contribution is 2.12. The lowest BCUT2D eigenvalue weighted by atomic mass is 9.98. The Hall–Kier alpha value is -4.50. The lowest BCUT2D eigenvalue weighted by Gasteiger charge is -2.30. The molecule has 20 nitrogen and oxygen atoms in total. The van der Waals surface area contributed by atoms with E-state index in [1.807, 2.05) is 0 Å². The number of carboxylic acids is 2.